The fourth-order valence-corrected chi connectivity index (χ4v) is 1.25. The highest BCUT2D eigenvalue weighted by Crippen LogP contribution is 2.07. The van der Waals surface area contributed by atoms with Gasteiger partial charge in [-0.1, -0.05) is 19.8 Å². The van der Waals surface area contributed by atoms with Crippen molar-refractivity contribution in [1.29, 1.82) is 0 Å². The van der Waals surface area contributed by atoms with Crippen molar-refractivity contribution in [1.82, 2.24) is 4.98 Å². The Morgan fingerprint density at radius 1 is 1.53 bits per heavy atom. The second-order valence-corrected chi connectivity index (χ2v) is 3.37. The lowest BCUT2D eigenvalue weighted by Gasteiger charge is -2.05. The van der Waals surface area contributed by atoms with Crippen LogP contribution in [0.4, 0.5) is 5.82 Å². The molecular formula is C11H16N2O2. The predicted molar refractivity (Wildman–Crippen MR) is 59.2 cm³/mol. The number of carboxylic acids is 1. The largest absolute Gasteiger partial charge is 0.478 e. The molecule has 0 aliphatic heterocycles. The lowest BCUT2D eigenvalue weighted by Crippen LogP contribution is -2.05. The van der Waals surface area contributed by atoms with Gasteiger partial charge in [0.1, 0.15) is 5.82 Å². The molecule has 0 atom stereocenters. The summed E-state index contributed by atoms with van der Waals surface area (Å²) in [7, 11) is 0. The summed E-state index contributed by atoms with van der Waals surface area (Å²) in [5.41, 5.74) is 0.267. The van der Waals surface area contributed by atoms with E-state index in [0.717, 1.165) is 13.0 Å². The number of nitrogens with one attached hydrogen (secondary N) is 1. The first-order valence-electron chi connectivity index (χ1n) is 5.17. The van der Waals surface area contributed by atoms with Gasteiger partial charge in [-0.05, 0) is 18.6 Å². The number of carbonyl (C=O) groups is 1. The standard InChI is InChI=1S/C11H16N2O2/c1-2-3-4-6-12-10-8-9(11(14)15)5-7-13-10/h5,7-8H,2-4,6H2,1H3,(H,12,13)(H,14,15). The van der Waals surface area contributed by atoms with Crippen LogP contribution >= 0.6 is 0 Å². The first-order valence-corrected chi connectivity index (χ1v) is 5.17. The van der Waals surface area contributed by atoms with E-state index in [4.69, 9.17) is 5.11 Å². The number of hydrogen-bond acceptors (Lipinski definition) is 3. The molecule has 1 rings (SSSR count). The van der Waals surface area contributed by atoms with Crippen LogP contribution in [-0.2, 0) is 0 Å². The SMILES string of the molecule is CCCCCNc1cc(C(=O)O)ccn1. The highest BCUT2D eigenvalue weighted by atomic mass is 16.4. The van der Waals surface area contributed by atoms with Crippen molar-refractivity contribution in [2.75, 3.05) is 11.9 Å². The molecule has 1 aromatic rings. The van der Waals surface area contributed by atoms with Gasteiger partial charge in [0.25, 0.3) is 0 Å². The van der Waals surface area contributed by atoms with Crippen LogP contribution in [0.25, 0.3) is 0 Å². The summed E-state index contributed by atoms with van der Waals surface area (Å²) in [5.74, 6) is -0.292. The molecule has 0 saturated carbocycles. The Hall–Kier alpha value is -1.58. The molecule has 4 heteroatoms. The van der Waals surface area contributed by atoms with Gasteiger partial charge in [-0.15, -0.1) is 0 Å². The van der Waals surface area contributed by atoms with Crippen LogP contribution in [0.3, 0.4) is 0 Å². The molecule has 0 fully saturated rings. The van der Waals surface area contributed by atoms with Gasteiger partial charge >= 0.3 is 5.97 Å². The molecule has 4 nitrogen and oxygen atoms in total. The van der Waals surface area contributed by atoms with E-state index in [9.17, 15) is 4.79 Å². The second-order valence-electron chi connectivity index (χ2n) is 3.37. The number of pyridine rings is 1. The lowest BCUT2D eigenvalue weighted by molar-refractivity contribution is 0.0697. The van der Waals surface area contributed by atoms with Gasteiger partial charge in [0.15, 0.2) is 0 Å². The van der Waals surface area contributed by atoms with Gasteiger partial charge in [0.05, 0.1) is 5.56 Å². The van der Waals surface area contributed by atoms with Crippen molar-refractivity contribution in [2.24, 2.45) is 0 Å². The third-order valence-corrected chi connectivity index (χ3v) is 2.09. The Morgan fingerprint density at radius 3 is 3.00 bits per heavy atom. The Balaban J connectivity index is 2.47. The smallest absolute Gasteiger partial charge is 0.335 e. The summed E-state index contributed by atoms with van der Waals surface area (Å²) in [5, 5.41) is 11.9. The van der Waals surface area contributed by atoms with E-state index in [1.807, 2.05) is 0 Å². The lowest BCUT2D eigenvalue weighted by atomic mass is 10.2. The molecule has 0 saturated heterocycles. The maximum absolute atomic E-state index is 10.7. The molecule has 0 spiro atoms. The average molecular weight is 208 g/mol. The zero-order valence-electron chi connectivity index (χ0n) is 8.86. The monoisotopic (exact) mass is 208 g/mol. The normalized spacial score (nSPS) is 9.93. The molecule has 0 radical (unpaired) electrons. The van der Waals surface area contributed by atoms with Gasteiger partial charge in [-0.2, -0.15) is 0 Å². The molecule has 0 aromatic carbocycles. The number of carboxylic acid groups (broad SMARTS) is 1. The minimum absolute atomic E-state index is 0.267. The average Bonchev–Trinajstić information content (AvgIpc) is 2.25. The summed E-state index contributed by atoms with van der Waals surface area (Å²) in [6.07, 6.45) is 4.93. The zero-order valence-corrected chi connectivity index (χ0v) is 8.86. The summed E-state index contributed by atoms with van der Waals surface area (Å²) in [4.78, 5) is 14.7. The first-order chi connectivity index (χ1) is 7.24. The van der Waals surface area contributed by atoms with E-state index in [2.05, 4.69) is 17.2 Å². The minimum Gasteiger partial charge on any atom is -0.478 e. The van der Waals surface area contributed by atoms with E-state index in [1.165, 1.54) is 25.1 Å². The third-order valence-electron chi connectivity index (χ3n) is 2.09. The number of rotatable bonds is 6. The molecule has 1 aromatic heterocycles. The molecule has 15 heavy (non-hydrogen) atoms. The Labute approximate surface area is 89.3 Å². The van der Waals surface area contributed by atoms with Crippen LogP contribution < -0.4 is 5.32 Å². The number of hydrogen-bond donors (Lipinski definition) is 2. The molecule has 0 aliphatic rings. The van der Waals surface area contributed by atoms with Crippen LogP contribution in [0, 0.1) is 0 Å². The molecule has 0 aliphatic carbocycles. The topological polar surface area (TPSA) is 62.2 Å². The van der Waals surface area contributed by atoms with Crippen LogP contribution in [0.5, 0.6) is 0 Å². The van der Waals surface area contributed by atoms with E-state index >= 15 is 0 Å². The van der Waals surface area contributed by atoms with Crippen molar-refractivity contribution in [3.63, 3.8) is 0 Å². The maximum atomic E-state index is 10.7. The first kappa shape index (κ1) is 11.5. The number of nitrogens with zero attached hydrogens (tertiary/aromatic N) is 1. The Bertz CT molecular complexity index is 326. The molecule has 82 valence electrons. The van der Waals surface area contributed by atoms with E-state index in [0.29, 0.717) is 5.82 Å². The molecule has 1 heterocycles. The molecule has 2 N–H and O–H groups in total. The van der Waals surface area contributed by atoms with Crippen molar-refractivity contribution in [3.05, 3.63) is 23.9 Å². The molecule has 0 amide bonds. The Morgan fingerprint density at radius 2 is 2.33 bits per heavy atom. The van der Waals surface area contributed by atoms with Crippen LogP contribution in [0.15, 0.2) is 18.3 Å². The number of unbranched alkanes of at least 4 members (excludes halogenated alkanes) is 2. The summed E-state index contributed by atoms with van der Waals surface area (Å²) in [6, 6.07) is 3.04. The van der Waals surface area contributed by atoms with E-state index in [1.54, 1.807) is 6.07 Å². The third kappa shape index (κ3) is 3.97. The van der Waals surface area contributed by atoms with Crippen LogP contribution in [-0.4, -0.2) is 22.6 Å². The van der Waals surface area contributed by atoms with Crippen molar-refractivity contribution >= 4 is 11.8 Å². The minimum atomic E-state index is -0.922. The second kappa shape index (κ2) is 6.01. The van der Waals surface area contributed by atoms with E-state index < -0.39 is 5.97 Å². The van der Waals surface area contributed by atoms with Crippen LogP contribution in [0.1, 0.15) is 36.5 Å². The zero-order chi connectivity index (χ0) is 11.1. The molecule has 0 unspecified atom stereocenters. The van der Waals surface area contributed by atoms with Crippen LogP contribution in [0.2, 0.25) is 0 Å². The fourth-order valence-electron chi connectivity index (χ4n) is 1.25. The predicted octanol–water partition coefficient (Wildman–Crippen LogP) is 2.38. The van der Waals surface area contributed by atoms with Gasteiger partial charge in [-0.25, -0.2) is 9.78 Å². The number of anilines is 1. The number of aromatic carboxylic acids is 1. The number of aromatic nitrogens is 1. The van der Waals surface area contributed by atoms with Gasteiger partial charge in [0, 0.05) is 12.7 Å². The molecular weight excluding hydrogens is 192 g/mol. The summed E-state index contributed by atoms with van der Waals surface area (Å²) < 4.78 is 0. The maximum Gasteiger partial charge on any atom is 0.335 e. The highest BCUT2D eigenvalue weighted by Gasteiger charge is 2.03. The summed E-state index contributed by atoms with van der Waals surface area (Å²) in [6.45, 7) is 2.98. The van der Waals surface area contributed by atoms with Gasteiger partial charge in [-0.3, -0.25) is 0 Å². The highest BCUT2D eigenvalue weighted by molar-refractivity contribution is 5.88. The van der Waals surface area contributed by atoms with E-state index in [-0.39, 0.29) is 5.56 Å². The van der Waals surface area contributed by atoms with Crippen molar-refractivity contribution < 1.29 is 9.90 Å². The molecule has 0 bridgehead atoms. The van der Waals surface area contributed by atoms with Crippen molar-refractivity contribution in [3.8, 4) is 0 Å². The van der Waals surface area contributed by atoms with Gasteiger partial charge < -0.3 is 10.4 Å². The fraction of sp³-hybridized carbons (Fsp3) is 0.455. The summed E-state index contributed by atoms with van der Waals surface area (Å²) >= 11 is 0. The quantitative estimate of drug-likeness (QED) is 0.704. The van der Waals surface area contributed by atoms with Crippen molar-refractivity contribution in [2.45, 2.75) is 26.2 Å². The van der Waals surface area contributed by atoms with Gasteiger partial charge in [0.2, 0.25) is 0 Å². The Kier molecular flexibility index (Phi) is 4.60.